The fourth-order valence-corrected chi connectivity index (χ4v) is 2.65. The second-order valence-corrected chi connectivity index (χ2v) is 7.18. The van der Waals surface area contributed by atoms with E-state index in [4.69, 9.17) is 4.98 Å². The largest absolute Gasteiger partial charge is 0.383 e. The number of nitrogens with zero attached hydrogens (tertiary/aromatic N) is 1. The van der Waals surface area contributed by atoms with Gasteiger partial charge in [-0.15, -0.1) is 0 Å². The Balaban J connectivity index is 2.95. The van der Waals surface area contributed by atoms with Crippen LogP contribution in [0.5, 0.6) is 0 Å². The molecular formula is C21H32N2. The summed E-state index contributed by atoms with van der Waals surface area (Å²) < 4.78 is 0. The summed E-state index contributed by atoms with van der Waals surface area (Å²) >= 11 is 0. The summed E-state index contributed by atoms with van der Waals surface area (Å²) in [5.74, 6) is 0. The van der Waals surface area contributed by atoms with Crippen molar-refractivity contribution in [2.45, 2.75) is 54.4 Å². The zero-order valence-corrected chi connectivity index (χ0v) is 15.7. The van der Waals surface area contributed by atoms with E-state index in [9.17, 15) is 0 Å². The molecule has 0 aliphatic carbocycles. The summed E-state index contributed by atoms with van der Waals surface area (Å²) in [5.41, 5.74) is 5.79. The van der Waals surface area contributed by atoms with Crippen LogP contribution in [0.3, 0.4) is 0 Å². The molecule has 1 aromatic heterocycles. The molecule has 0 bridgehead atoms. The third-order valence-electron chi connectivity index (χ3n) is 3.81. The molecule has 1 rings (SSSR count). The maximum absolute atomic E-state index is 4.77. The zero-order chi connectivity index (χ0) is 17.5. The molecule has 126 valence electrons. The smallest absolute Gasteiger partial charge is 0.0706 e. The number of hydrogen-bond donors (Lipinski definition) is 1. The predicted octanol–water partition coefficient (Wildman–Crippen LogP) is 6.16. The molecule has 0 radical (unpaired) electrons. The highest BCUT2D eigenvalue weighted by Gasteiger charge is 2.16. The van der Waals surface area contributed by atoms with E-state index in [1.54, 1.807) is 0 Å². The van der Waals surface area contributed by atoms with E-state index in [0.717, 1.165) is 29.2 Å². The van der Waals surface area contributed by atoms with Crippen LogP contribution in [0.4, 0.5) is 5.69 Å². The monoisotopic (exact) mass is 312 g/mol. The van der Waals surface area contributed by atoms with Gasteiger partial charge in [-0.25, -0.2) is 0 Å². The molecule has 0 atom stereocenters. The Morgan fingerprint density at radius 3 is 2.52 bits per heavy atom. The maximum atomic E-state index is 4.77. The third-order valence-corrected chi connectivity index (χ3v) is 3.81. The molecule has 23 heavy (non-hydrogen) atoms. The van der Waals surface area contributed by atoms with Crippen molar-refractivity contribution in [2.75, 3.05) is 11.9 Å². The van der Waals surface area contributed by atoms with Crippen molar-refractivity contribution < 1.29 is 0 Å². The Morgan fingerprint density at radius 1 is 1.30 bits per heavy atom. The Labute approximate surface area is 142 Å². The van der Waals surface area contributed by atoms with Crippen LogP contribution in [0.1, 0.15) is 58.8 Å². The predicted molar refractivity (Wildman–Crippen MR) is 104 cm³/mol. The number of nitrogens with one attached hydrogen (secondary N) is 1. The molecule has 0 saturated heterocycles. The van der Waals surface area contributed by atoms with Crippen LogP contribution in [0.25, 0.3) is 5.57 Å². The lowest BCUT2D eigenvalue weighted by Crippen LogP contribution is -2.23. The van der Waals surface area contributed by atoms with E-state index in [1.165, 1.54) is 18.4 Å². The van der Waals surface area contributed by atoms with E-state index in [2.05, 4.69) is 71.6 Å². The fourth-order valence-electron chi connectivity index (χ4n) is 2.65. The van der Waals surface area contributed by atoms with Gasteiger partial charge in [0.15, 0.2) is 0 Å². The van der Waals surface area contributed by atoms with Crippen LogP contribution in [0.2, 0.25) is 0 Å². The number of aryl methyl sites for hydroxylation is 1. The normalized spacial score (nSPS) is 12.0. The van der Waals surface area contributed by atoms with Gasteiger partial charge in [-0.2, -0.15) is 0 Å². The van der Waals surface area contributed by atoms with E-state index >= 15 is 0 Å². The highest BCUT2D eigenvalue weighted by atomic mass is 14.9. The summed E-state index contributed by atoms with van der Waals surface area (Å²) in [5, 5.41) is 3.56. The van der Waals surface area contributed by atoms with Gasteiger partial charge in [0, 0.05) is 12.1 Å². The van der Waals surface area contributed by atoms with Gasteiger partial charge in [0.1, 0.15) is 0 Å². The van der Waals surface area contributed by atoms with Crippen LogP contribution in [0, 0.1) is 12.3 Å². The van der Waals surface area contributed by atoms with Gasteiger partial charge in [-0.05, 0) is 44.7 Å². The van der Waals surface area contributed by atoms with Crippen LogP contribution < -0.4 is 5.32 Å². The number of pyridine rings is 1. The quantitative estimate of drug-likeness (QED) is 0.581. The second kappa shape index (κ2) is 8.71. The summed E-state index contributed by atoms with van der Waals surface area (Å²) in [7, 11) is 0. The number of rotatable bonds is 8. The van der Waals surface area contributed by atoms with Gasteiger partial charge in [0.2, 0.25) is 0 Å². The first-order valence-electron chi connectivity index (χ1n) is 8.48. The Kier molecular flexibility index (Phi) is 7.28. The number of aromatic nitrogens is 1. The van der Waals surface area contributed by atoms with Crippen molar-refractivity contribution in [3.63, 3.8) is 0 Å². The molecule has 1 aromatic rings. The number of allylic oxidation sites excluding steroid dienone is 5. The van der Waals surface area contributed by atoms with Crippen molar-refractivity contribution in [3.8, 4) is 0 Å². The molecule has 0 saturated carbocycles. The molecule has 0 spiro atoms. The fraction of sp³-hybridized carbons (Fsp3) is 0.476. The minimum atomic E-state index is 0.301. The van der Waals surface area contributed by atoms with E-state index < -0.39 is 0 Å². The van der Waals surface area contributed by atoms with Crippen molar-refractivity contribution >= 4 is 11.3 Å². The first-order valence-corrected chi connectivity index (χ1v) is 8.48. The molecule has 2 nitrogen and oxygen atoms in total. The van der Waals surface area contributed by atoms with Gasteiger partial charge < -0.3 is 5.32 Å². The number of hydrogen-bond acceptors (Lipinski definition) is 2. The highest BCUT2D eigenvalue weighted by Crippen LogP contribution is 2.25. The molecule has 0 aliphatic heterocycles. The molecule has 0 aromatic carbocycles. The minimum Gasteiger partial charge on any atom is -0.383 e. The molecule has 1 heterocycles. The topological polar surface area (TPSA) is 24.9 Å². The molecule has 1 N–H and O–H groups in total. The summed E-state index contributed by atoms with van der Waals surface area (Å²) in [6.45, 7) is 17.9. The van der Waals surface area contributed by atoms with Gasteiger partial charge >= 0.3 is 0 Å². The van der Waals surface area contributed by atoms with Crippen LogP contribution >= 0.6 is 0 Å². The van der Waals surface area contributed by atoms with Crippen LogP contribution in [-0.2, 0) is 0 Å². The minimum absolute atomic E-state index is 0.301. The molecular weight excluding hydrogens is 280 g/mol. The highest BCUT2D eigenvalue weighted by molar-refractivity contribution is 5.74. The van der Waals surface area contributed by atoms with Crippen molar-refractivity contribution in [3.05, 3.63) is 53.9 Å². The number of anilines is 1. The van der Waals surface area contributed by atoms with E-state index in [-0.39, 0.29) is 0 Å². The lowest BCUT2D eigenvalue weighted by molar-refractivity contribution is 0.354. The first-order chi connectivity index (χ1) is 10.8. The average Bonchev–Trinajstić information content (AvgIpc) is 2.45. The molecule has 0 fully saturated rings. The van der Waals surface area contributed by atoms with Crippen molar-refractivity contribution in [1.29, 1.82) is 0 Å². The van der Waals surface area contributed by atoms with Crippen molar-refractivity contribution in [1.82, 2.24) is 4.98 Å². The lowest BCUT2D eigenvalue weighted by atomic mass is 9.88. The zero-order valence-electron chi connectivity index (χ0n) is 15.7. The van der Waals surface area contributed by atoms with Crippen molar-refractivity contribution in [2.24, 2.45) is 5.41 Å². The standard InChI is InChI=1S/C21H32N2/c1-8-10-18(14-16(3)4)20-12-11-19(17(5)23-20)22-15-21(6,7)13-9-2/h8,10-12,14,22H,1,9,13,15H2,2-7H3/b18-10+. The summed E-state index contributed by atoms with van der Waals surface area (Å²) in [6.07, 6.45) is 8.39. The summed E-state index contributed by atoms with van der Waals surface area (Å²) in [6, 6.07) is 4.21. The average molecular weight is 313 g/mol. The molecule has 0 aliphatic rings. The SMILES string of the molecule is C=C/C=C(\C=C(C)C)c1ccc(NCC(C)(C)CCC)c(C)n1. The Bertz CT molecular complexity index is 588. The second-order valence-electron chi connectivity index (χ2n) is 7.18. The van der Waals surface area contributed by atoms with Crippen LogP contribution in [0.15, 0.2) is 42.5 Å². The van der Waals surface area contributed by atoms with Gasteiger partial charge in [-0.1, -0.05) is 57.6 Å². The first kappa shape index (κ1) is 19.2. The lowest BCUT2D eigenvalue weighted by Gasteiger charge is -2.25. The van der Waals surface area contributed by atoms with E-state index in [1.807, 2.05) is 12.2 Å². The molecule has 0 amide bonds. The maximum Gasteiger partial charge on any atom is 0.0706 e. The molecule has 2 heteroatoms. The molecule has 0 unspecified atom stereocenters. The Morgan fingerprint density at radius 2 is 2.00 bits per heavy atom. The third kappa shape index (κ3) is 6.43. The van der Waals surface area contributed by atoms with Gasteiger partial charge in [0.05, 0.1) is 17.1 Å². The summed E-state index contributed by atoms with van der Waals surface area (Å²) in [4.78, 5) is 4.77. The van der Waals surface area contributed by atoms with Crippen LogP contribution in [-0.4, -0.2) is 11.5 Å². The Hall–Kier alpha value is -1.83. The van der Waals surface area contributed by atoms with E-state index in [0.29, 0.717) is 5.41 Å². The van der Waals surface area contributed by atoms with Gasteiger partial charge in [0.25, 0.3) is 0 Å². The van der Waals surface area contributed by atoms with Gasteiger partial charge in [-0.3, -0.25) is 4.98 Å².